The van der Waals surface area contributed by atoms with Crippen molar-refractivity contribution in [3.05, 3.63) is 88.6 Å². The maximum absolute atomic E-state index is 13.9. The molecule has 2 heterocycles. The van der Waals surface area contributed by atoms with Gasteiger partial charge in [0, 0.05) is 36.7 Å². The molecule has 2 N–H and O–H groups in total. The first-order chi connectivity index (χ1) is 23.5. The van der Waals surface area contributed by atoms with Gasteiger partial charge in [-0.25, -0.2) is 4.79 Å². The van der Waals surface area contributed by atoms with Crippen molar-refractivity contribution in [2.45, 2.75) is 57.6 Å². The molecule has 4 aromatic rings. The van der Waals surface area contributed by atoms with Gasteiger partial charge in [0.15, 0.2) is 11.5 Å². The molecule has 0 fully saturated rings. The number of esters is 1. The standard InChI is InChI=1S/C31H28F6N2O5.C4H8O2/c1-4-44-28(17-9-18(30(32,33)34)12-19(10-17)31(35,36)37)21-13-25(23-11-16-7-5-6-8-22(16)38-23)39(29(40)41)24-15-27(43-3)26(42-2)14-20(21)24;1-3-6-4(2)5/h5-12,14-15,21,25,28,38H,4,13H2,1-3H3,(H,40,41);3H2,1-2H3/t21-,25+,28-;/m0./s1. The first-order valence-electron chi connectivity index (χ1n) is 15.4. The number of nitrogens with zero attached hydrogens (tertiary/aromatic N) is 1. The summed E-state index contributed by atoms with van der Waals surface area (Å²) in [6.45, 7) is 5.17. The predicted molar refractivity (Wildman–Crippen MR) is 172 cm³/mol. The number of rotatable bonds is 8. The number of alkyl halides is 6. The first kappa shape index (κ1) is 37.9. The van der Waals surface area contributed by atoms with E-state index in [0.717, 1.165) is 15.8 Å². The molecule has 0 aliphatic carbocycles. The fourth-order valence-electron chi connectivity index (χ4n) is 6.07. The number of halogens is 6. The Morgan fingerprint density at radius 3 is 1.98 bits per heavy atom. The molecule has 3 atom stereocenters. The van der Waals surface area contributed by atoms with E-state index in [1.54, 1.807) is 32.0 Å². The second kappa shape index (κ2) is 15.3. The lowest BCUT2D eigenvalue weighted by molar-refractivity contribution is -0.143. The number of aromatic nitrogens is 1. The zero-order valence-corrected chi connectivity index (χ0v) is 27.7. The van der Waals surface area contributed by atoms with Crippen LogP contribution < -0.4 is 14.4 Å². The lowest BCUT2D eigenvalue weighted by Crippen LogP contribution is -2.40. The third-order valence-corrected chi connectivity index (χ3v) is 8.09. The Morgan fingerprint density at radius 2 is 1.50 bits per heavy atom. The van der Waals surface area contributed by atoms with Crippen LogP contribution in [-0.2, 0) is 26.6 Å². The highest BCUT2D eigenvalue weighted by atomic mass is 19.4. The molecule has 0 spiro atoms. The van der Waals surface area contributed by atoms with Crippen LogP contribution in [0.1, 0.15) is 73.2 Å². The van der Waals surface area contributed by atoms with Crippen molar-refractivity contribution < 1.29 is 60.0 Å². The zero-order chi connectivity index (χ0) is 37.0. The maximum Gasteiger partial charge on any atom is 0.416 e. The normalized spacial score (nSPS) is 16.6. The summed E-state index contributed by atoms with van der Waals surface area (Å²) in [4.78, 5) is 27.0. The van der Waals surface area contributed by atoms with Gasteiger partial charge in [-0.3, -0.25) is 9.69 Å². The van der Waals surface area contributed by atoms with Crippen molar-refractivity contribution in [3.8, 4) is 11.5 Å². The fraction of sp³-hybridized carbons (Fsp3) is 0.371. The quantitative estimate of drug-likeness (QED) is 0.139. The van der Waals surface area contributed by atoms with Crippen molar-refractivity contribution in [2.75, 3.05) is 32.3 Å². The Morgan fingerprint density at radius 1 is 0.900 bits per heavy atom. The highest BCUT2D eigenvalue weighted by Crippen LogP contribution is 2.54. The van der Waals surface area contributed by atoms with Gasteiger partial charge in [-0.15, -0.1) is 0 Å². The molecule has 0 saturated carbocycles. The van der Waals surface area contributed by atoms with Gasteiger partial charge in [0.25, 0.3) is 0 Å². The monoisotopic (exact) mass is 710 g/mol. The molecule has 0 saturated heterocycles. The largest absolute Gasteiger partial charge is 0.493 e. The number of aromatic amines is 1. The van der Waals surface area contributed by atoms with Crippen molar-refractivity contribution in [1.29, 1.82) is 0 Å². The Kier molecular flexibility index (Phi) is 11.6. The Labute approximate surface area is 283 Å². The number of hydrogen-bond donors (Lipinski definition) is 2. The number of H-pyrrole nitrogens is 1. The minimum absolute atomic E-state index is 0.0517. The van der Waals surface area contributed by atoms with Crippen LogP contribution in [0, 0.1) is 0 Å². The minimum atomic E-state index is -5.07. The molecule has 1 aliphatic heterocycles. The lowest BCUT2D eigenvalue weighted by Gasteiger charge is -2.42. The number of methoxy groups -OCH3 is 2. The van der Waals surface area contributed by atoms with Gasteiger partial charge in [0.2, 0.25) is 0 Å². The molecule has 1 amide bonds. The number of hydrogen-bond acceptors (Lipinski definition) is 6. The van der Waals surface area contributed by atoms with Crippen LogP contribution in [0.15, 0.2) is 60.7 Å². The number of benzene rings is 3. The highest BCUT2D eigenvalue weighted by molar-refractivity contribution is 5.91. The molecule has 15 heteroatoms. The second-order valence-electron chi connectivity index (χ2n) is 11.2. The molecule has 1 aromatic heterocycles. The average molecular weight is 711 g/mol. The van der Waals surface area contributed by atoms with Gasteiger partial charge < -0.3 is 29.0 Å². The van der Waals surface area contributed by atoms with Gasteiger partial charge in [-0.1, -0.05) is 18.2 Å². The summed E-state index contributed by atoms with van der Waals surface area (Å²) >= 11 is 0. The van der Waals surface area contributed by atoms with E-state index in [2.05, 4.69) is 9.72 Å². The van der Waals surface area contributed by atoms with E-state index in [4.69, 9.17) is 14.2 Å². The van der Waals surface area contributed by atoms with E-state index in [1.165, 1.54) is 33.3 Å². The number of para-hydroxylation sites is 1. The molecule has 50 heavy (non-hydrogen) atoms. The van der Waals surface area contributed by atoms with E-state index in [0.29, 0.717) is 30.0 Å². The first-order valence-corrected chi connectivity index (χ1v) is 15.4. The number of amides is 1. The summed E-state index contributed by atoms with van der Waals surface area (Å²) in [5.74, 6) is -0.750. The topological polar surface area (TPSA) is 110 Å². The summed E-state index contributed by atoms with van der Waals surface area (Å²) in [7, 11) is 2.71. The number of carboxylic acid groups (broad SMARTS) is 1. The van der Waals surface area contributed by atoms with Crippen LogP contribution in [0.3, 0.4) is 0 Å². The summed E-state index contributed by atoms with van der Waals surface area (Å²) in [6, 6.07) is 12.4. The summed E-state index contributed by atoms with van der Waals surface area (Å²) in [6.07, 6.45) is -12.8. The third-order valence-electron chi connectivity index (χ3n) is 8.09. The summed E-state index contributed by atoms with van der Waals surface area (Å²) in [5.41, 5.74) is -1.68. The minimum Gasteiger partial charge on any atom is -0.493 e. The van der Waals surface area contributed by atoms with Gasteiger partial charge >= 0.3 is 24.4 Å². The summed E-state index contributed by atoms with van der Waals surface area (Å²) in [5, 5.41) is 11.2. The summed E-state index contributed by atoms with van der Waals surface area (Å²) < 4.78 is 104. The van der Waals surface area contributed by atoms with E-state index >= 15 is 0 Å². The molecule has 0 unspecified atom stereocenters. The maximum atomic E-state index is 13.9. The van der Waals surface area contributed by atoms with Crippen molar-refractivity contribution in [3.63, 3.8) is 0 Å². The van der Waals surface area contributed by atoms with Crippen LogP contribution in [0.5, 0.6) is 11.5 Å². The Hall–Kier alpha value is -4.92. The van der Waals surface area contributed by atoms with E-state index in [-0.39, 0.29) is 47.8 Å². The molecule has 0 radical (unpaired) electrons. The molecule has 1 aliphatic rings. The van der Waals surface area contributed by atoms with Gasteiger partial charge in [-0.2, -0.15) is 26.3 Å². The van der Waals surface area contributed by atoms with Crippen LogP contribution in [0.25, 0.3) is 10.9 Å². The van der Waals surface area contributed by atoms with Crippen molar-refractivity contribution in [1.82, 2.24) is 4.98 Å². The molecule has 270 valence electrons. The van der Waals surface area contributed by atoms with Crippen LogP contribution >= 0.6 is 0 Å². The van der Waals surface area contributed by atoms with Crippen LogP contribution in [0.2, 0.25) is 0 Å². The number of ether oxygens (including phenoxy) is 4. The zero-order valence-electron chi connectivity index (χ0n) is 27.7. The molecule has 5 rings (SSSR count). The SMILES string of the molecule is CCOC(C)=O.CCO[C@@H](c1cc(C(F)(F)F)cc(C(F)(F)F)c1)[C@H]1C[C@H](c2cc3ccccc3[nH]2)N(C(=O)O)c2cc(OC)c(OC)cc21. The third kappa shape index (κ3) is 8.26. The molecule has 9 nitrogen and oxygen atoms in total. The van der Waals surface area contributed by atoms with E-state index in [1.807, 2.05) is 12.1 Å². The molecule has 0 bridgehead atoms. The predicted octanol–water partition coefficient (Wildman–Crippen LogP) is 9.28. The van der Waals surface area contributed by atoms with Crippen molar-refractivity contribution in [2.24, 2.45) is 0 Å². The number of carbonyl (C=O) groups excluding carboxylic acids is 1. The smallest absolute Gasteiger partial charge is 0.416 e. The Bertz CT molecular complexity index is 1760. The number of carbonyl (C=O) groups is 2. The molecular formula is C35H36F6N2O7. The van der Waals surface area contributed by atoms with E-state index < -0.39 is 47.6 Å². The average Bonchev–Trinajstić information content (AvgIpc) is 3.49. The van der Waals surface area contributed by atoms with Crippen LogP contribution in [-0.4, -0.2) is 49.6 Å². The van der Waals surface area contributed by atoms with Gasteiger partial charge in [-0.05, 0) is 73.2 Å². The number of anilines is 1. The Balaban J connectivity index is 0.000000860. The second-order valence-corrected chi connectivity index (χ2v) is 11.2. The van der Waals surface area contributed by atoms with Gasteiger partial charge in [0.1, 0.15) is 0 Å². The number of nitrogens with one attached hydrogen (secondary N) is 1. The van der Waals surface area contributed by atoms with Gasteiger partial charge in [0.05, 0.1) is 49.8 Å². The number of fused-ring (bicyclic) bond motifs is 2. The molecule has 3 aromatic carbocycles. The van der Waals surface area contributed by atoms with Crippen LogP contribution in [0.4, 0.5) is 36.8 Å². The lowest BCUT2D eigenvalue weighted by atomic mass is 9.78. The fourth-order valence-corrected chi connectivity index (χ4v) is 6.07. The van der Waals surface area contributed by atoms with Crippen molar-refractivity contribution >= 4 is 28.7 Å². The highest BCUT2D eigenvalue weighted by Gasteiger charge is 2.44. The molecular weight excluding hydrogens is 674 g/mol. The van der Waals surface area contributed by atoms with E-state index in [9.17, 15) is 41.0 Å².